The third-order valence-electron chi connectivity index (χ3n) is 10.8. The first-order chi connectivity index (χ1) is 26.2. The highest BCUT2D eigenvalue weighted by atomic mass is 31.2. The lowest BCUT2D eigenvalue weighted by Gasteiger charge is -2.37. The molecule has 0 spiro atoms. The average molecular weight is 700 g/mol. The number of hydrogen-bond donors (Lipinski definition) is 0. The first kappa shape index (κ1) is 31.3. The lowest BCUT2D eigenvalue weighted by Crippen LogP contribution is -2.30. The van der Waals surface area contributed by atoms with Gasteiger partial charge in [-0.05, 0) is 69.8 Å². The molecule has 0 amide bonds. The fraction of sp³-hybridized carbons (Fsp3) is 0.0204. The first-order valence-corrected chi connectivity index (χ1v) is 19.7. The van der Waals surface area contributed by atoms with Crippen molar-refractivity contribution in [2.75, 3.05) is 4.90 Å². The molecule has 0 saturated carbocycles. The Bertz CT molecular complexity index is 2580. The number of rotatable bonds is 6. The Morgan fingerprint density at radius 2 is 0.887 bits per heavy atom. The van der Waals surface area contributed by atoms with E-state index in [9.17, 15) is 0 Å². The maximum atomic E-state index is 15.4. The van der Waals surface area contributed by atoms with Crippen LogP contribution in [0.2, 0.25) is 0 Å². The molecule has 8 aromatic carbocycles. The molecule has 252 valence electrons. The predicted octanol–water partition coefficient (Wildman–Crippen LogP) is 11.3. The van der Waals surface area contributed by atoms with Crippen LogP contribution in [0.15, 0.2) is 206 Å². The summed E-state index contributed by atoms with van der Waals surface area (Å²) in [6.07, 6.45) is 0. The fourth-order valence-electron chi connectivity index (χ4n) is 8.51. The quantitative estimate of drug-likeness (QED) is 0.162. The van der Waals surface area contributed by atoms with Crippen molar-refractivity contribution in [3.63, 3.8) is 0 Å². The molecule has 0 N–H and O–H groups in total. The summed E-state index contributed by atoms with van der Waals surface area (Å²) in [4.78, 5) is 2.28. The molecule has 0 atom stereocenters. The molecule has 4 heteroatoms. The summed E-state index contributed by atoms with van der Waals surface area (Å²) in [5.41, 5.74) is 9.42. The largest absolute Gasteiger partial charge is 0.453 e. The second kappa shape index (κ2) is 12.4. The molecular formula is C49H34NO2P. The minimum absolute atomic E-state index is 0.665. The normalized spacial score (nSPS) is 13.6. The van der Waals surface area contributed by atoms with Crippen molar-refractivity contribution in [3.8, 4) is 22.6 Å². The van der Waals surface area contributed by atoms with Crippen LogP contribution in [0.3, 0.4) is 0 Å². The molecule has 0 radical (unpaired) electrons. The molecule has 8 aromatic rings. The molecule has 0 fully saturated rings. The Balaban J connectivity index is 1.20. The smallest absolute Gasteiger partial charge is 0.171 e. The topological polar surface area (TPSA) is 29.5 Å². The van der Waals surface area contributed by atoms with Gasteiger partial charge in [0.1, 0.15) is 0 Å². The van der Waals surface area contributed by atoms with Gasteiger partial charge in [-0.2, -0.15) is 0 Å². The van der Waals surface area contributed by atoms with Crippen LogP contribution < -0.4 is 25.6 Å². The highest BCUT2D eigenvalue weighted by Crippen LogP contribution is 2.58. The van der Waals surface area contributed by atoms with Crippen molar-refractivity contribution in [2.45, 2.75) is 5.41 Å². The number of ether oxygens (including phenoxy) is 1. The van der Waals surface area contributed by atoms with Gasteiger partial charge in [0.25, 0.3) is 0 Å². The van der Waals surface area contributed by atoms with Crippen LogP contribution in [-0.4, -0.2) is 0 Å². The van der Waals surface area contributed by atoms with Crippen molar-refractivity contribution in [1.82, 2.24) is 0 Å². The zero-order valence-corrected chi connectivity index (χ0v) is 29.7. The van der Waals surface area contributed by atoms with Crippen LogP contribution in [-0.2, 0) is 9.98 Å². The Kier molecular flexibility index (Phi) is 7.32. The summed E-state index contributed by atoms with van der Waals surface area (Å²) < 4.78 is 22.2. The molecule has 1 aliphatic heterocycles. The van der Waals surface area contributed by atoms with Gasteiger partial charge >= 0.3 is 0 Å². The van der Waals surface area contributed by atoms with Crippen LogP contribution in [0.1, 0.15) is 22.3 Å². The number of nitrogens with zero attached hydrogens (tertiary/aromatic N) is 1. The van der Waals surface area contributed by atoms with Crippen molar-refractivity contribution in [2.24, 2.45) is 0 Å². The minimum Gasteiger partial charge on any atom is -0.453 e. The van der Waals surface area contributed by atoms with E-state index >= 15 is 4.57 Å². The minimum atomic E-state index is -3.16. The van der Waals surface area contributed by atoms with Gasteiger partial charge in [-0.3, -0.25) is 0 Å². The summed E-state index contributed by atoms with van der Waals surface area (Å²) in [5, 5.41) is 2.44. The van der Waals surface area contributed by atoms with E-state index in [1.165, 1.54) is 22.3 Å². The summed E-state index contributed by atoms with van der Waals surface area (Å²) in [6, 6.07) is 71.2. The van der Waals surface area contributed by atoms with E-state index in [1.807, 2.05) is 78.9 Å². The molecule has 53 heavy (non-hydrogen) atoms. The van der Waals surface area contributed by atoms with E-state index in [0.29, 0.717) is 0 Å². The third kappa shape index (κ3) is 4.71. The van der Waals surface area contributed by atoms with Gasteiger partial charge in [0.15, 0.2) is 18.6 Å². The van der Waals surface area contributed by atoms with Crippen molar-refractivity contribution >= 4 is 40.1 Å². The van der Waals surface area contributed by atoms with Gasteiger partial charge < -0.3 is 14.2 Å². The summed E-state index contributed by atoms with van der Waals surface area (Å²) in [7, 11) is -3.16. The monoisotopic (exact) mass is 699 g/mol. The van der Waals surface area contributed by atoms with Crippen LogP contribution in [0.4, 0.5) is 17.1 Å². The average Bonchev–Trinajstić information content (AvgIpc) is 3.54. The van der Waals surface area contributed by atoms with Crippen molar-refractivity contribution in [1.29, 1.82) is 0 Å². The maximum absolute atomic E-state index is 15.4. The van der Waals surface area contributed by atoms with Crippen molar-refractivity contribution in [3.05, 3.63) is 229 Å². The molecule has 10 rings (SSSR count). The summed E-state index contributed by atoms with van der Waals surface area (Å²) >= 11 is 0. The second-order valence-electron chi connectivity index (χ2n) is 13.6. The fourth-order valence-corrected chi connectivity index (χ4v) is 11.2. The van der Waals surface area contributed by atoms with E-state index in [2.05, 4.69) is 132 Å². The molecule has 3 nitrogen and oxygen atoms in total. The highest BCUT2D eigenvalue weighted by Gasteiger charge is 2.47. The van der Waals surface area contributed by atoms with E-state index in [-0.39, 0.29) is 0 Å². The number of para-hydroxylation sites is 3. The maximum Gasteiger partial charge on any atom is 0.171 e. The van der Waals surface area contributed by atoms with Gasteiger partial charge in [-0.25, -0.2) is 0 Å². The van der Waals surface area contributed by atoms with Crippen LogP contribution >= 0.6 is 7.14 Å². The number of anilines is 3. The highest BCUT2D eigenvalue weighted by molar-refractivity contribution is 7.85. The zero-order valence-electron chi connectivity index (χ0n) is 28.8. The number of benzene rings is 8. The Morgan fingerprint density at radius 1 is 0.415 bits per heavy atom. The molecule has 0 unspecified atom stereocenters. The van der Waals surface area contributed by atoms with Gasteiger partial charge in [0.05, 0.1) is 16.8 Å². The SMILES string of the molecule is O=P(c1ccccc1)(c1ccccc1)c1ccc(C2(c3ccc4c(c3)Oc3ccccc3N4c3ccccc3)c3ccccc3-c3ccccc32)cc1. The van der Waals surface area contributed by atoms with Crippen molar-refractivity contribution < 1.29 is 9.30 Å². The Morgan fingerprint density at radius 3 is 1.51 bits per heavy atom. The van der Waals surface area contributed by atoms with Gasteiger partial charge in [-0.1, -0.05) is 170 Å². The Hall–Kier alpha value is -6.41. The van der Waals surface area contributed by atoms with E-state index in [1.54, 1.807) is 0 Å². The molecular weight excluding hydrogens is 666 g/mol. The van der Waals surface area contributed by atoms with Gasteiger partial charge in [0, 0.05) is 21.6 Å². The summed E-state index contributed by atoms with van der Waals surface area (Å²) in [5.74, 6) is 1.60. The lowest BCUT2D eigenvalue weighted by molar-refractivity contribution is 0.475. The lowest BCUT2D eigenvalue weighted by atomic mass is 9.67. The number of hydrogen-bond acceptors (Lipinski definition) is 3. The van der Waals surface area contributed by atoms with Crippen LogP contribution in [0, 0.1) is 0 Å². The Labute approximate surface area is 309 Å². The van der Waals surface area contributed by atoms with E-state index < -0.39 is 12.6 Å². The molecule has 1 aliphatic carbocycles. The molecule has 1 heterocycles. The first-order valence-electron chi connectivity index (χ1n) is 18.0. The molecule has 0 bridgehead atoms. The third-order valence-corrected chi connectivity index (χ3v) is 13.9. The predicted molar refractivity (Wildman–Crippen MR) is 218 cm³/mol. The second-order valence-corrected chi connectivity index (χ2v) is 16.4. The van der Waals surface area contributed by atoms with Gasteiger partial charge in [0.2, 0.25) is 0 Å². The molecule has 0 aromatic heterocycles. The van der Waals surface area contributed by atoms with Crippen LogP contribution in [0.25, 0.3) is 11.1 Å². The number of fused-ring (bicyclic) bond motifs is 5. The summed E-state index contributed by atoms with van der Waals surface area (Å²) in [6.45, 7) is 0. The standard InChI is InChI=1S/C49H34NO2P/c51-53(38-18-6-2-7-19-38,39-20-8-3-9-21-39)40-31-28-35(29-32-40)49(43-24-12-10-22-41(43)42-23-11-13-25-44(42)49)36-30-33-46-48(34-36)52-47-27-15-14-26-45(47)50(46)37-16-4-1-5-17-37/h1-34H. The van der Waals surface area contributed by atoms with Crippen LogP contribution in [0.5, 0.6) is 11.5 Å². The van der Waals surface area contributed by atoms with E-state index in [4.69, 9.17) is 4.74 Å². The van der Waals surface area contributed by atoms with Gasteiger partial charge in [-0.15, -0.1) is 0 Å². The molecule has 2 aliphatic rings. The zero-order chi connectivity index (χ0) is 35.4. The van der Waals surface area contributed by atoms with E-state index in [0.717, 1.165) is 55.6 Å². The molecule has 0 saturated heterocycles.